The standard InChI is InChI=1S/C18H25N3O2S/c1-10(2)12(4)20-15(22)8-21-9-19-17-16(18(21)23)13-6-5-11(3)7-14(13)24-17/h9-12H,5-8H2,1-4H3,(H,20,22). The number of hydrogen-bond donors (Lipinski definition) is 1. The third-order valence-electron chi connectivity index (χ3n) is 4.98. The molecule has 0 saturated carbocycles. The van der Waals surface area contributed by atoms with Crippen LogP contribution in [0, 0.1) is 11.8 Å². The van der Waals surface area contributed by atoms with Gasteiger partial charge in [-0.05, 0) is 43.6 Å². The molecule has 5 nitrogen and oxygen atoms in total. The third kappa shape index (κ3) is 3.24. The van der Waals surface area contributed by atoms with Crippen LogP contribution in [0.5, 0.6) is 0 Å². The van der Waals surface area contributed by atoms with Crippen molar-refractivity contribution < 1.29 is 4.79 Å². The molecule has 1 N–H and O–H groups in total. The maximum atomic E-state index is 12.8. The Bertz CT molecular complexity index is 822. The lowest BCUT2D eigenvalue weighted by atomic mass is 9.89. The predicted molar refractivity (Wildman–Crippen MR) is 97.5 cm³/mol. The van der Waals surface area contributed by atoms with Crippen molar-refractivity contribution >= 4 is 27.5 Å². The number of rotatable bonds is 4. The molecule has 1 aliphatic carbocycles. The van der Waals surface area contributed by atoms with E-state index < -0.39 is 0 Å². The van der Waals surface area contributed by atoms with Gasteiger partial charge in [0.2, 0.25) is 5.91 Å². The normalized spacial score (nSPS) is 18.6. The third-order valence-corrected chi connectivity index (χ3v) is 6.15. The van der Waals surface area contributed by atoms with Crippen LogP contribution in [0.2, 0.25) is 0 Å². The van der Waals surface area contributed by atoms with Crippen LogP contribution in [-0.2, 0) is 24.2 Å². The zero-order valence-electron chi connectivity index (χ0n) is 14.8. The second kappa shape index (κ2) is 6.67. The van der Waals surface area contributed by atoms with Crippen LogP contribution in [-0.4, -0.2) is 21.5 Å². The smallest absolute Gasteiger partial charge is 0.262 e. The molecule has 0 radical (unpaired) electrons. The van der Waals surface area contributed by atoms with Gasteiger partial charge in [0, 0.05) is 10.9 Å². The molecule has 2 heterocycles. The van der Waals surface area contributed by atoms with E-state index in [0.29, 0.717) is 11.8 Å². The van der Waals surface area contributed by atoms with Crippen LogP contribution in [0.1, 0.15) is 44.6 Å². The Balaban J connectivity index is 1.89. The van der Waals surface area contributed by atoms with E-state index in [4.69, 9.17) is 0 Å². The van der Waals surface area contributed by atoms with Crippen molar-refractivity contribution in [2.75, 3.05) is 0 Å². The summed E-state index contributed by atoms with van der Waals surface area (Å²) in [5, 5.41) is 3.67. The SMILES string of the molecule is CC1CCc2c(sc3ncn(CC(=O)NC(C)C(C)C)c(=O)c23)C1. The number of aromatic nitrogens is 2. The molecule has 0 aliphatic heterocycles. The Kier molecular flexibility index (Phi) is 4.76. The van der Waals surface area contributed by atoms with Gasteiger partial charge >= 0.3 is 0 Å². The maximum Gasteiger partial charge on any atom is 0.262 e. The molecule has 0 spiro atoms. The number of amides is 1. The monoisotopic (exact) mass is 347 g/mol. The Labute approximate surface area is 146 Å². The second-order valence-corrected chi connectivity index (χ2v) is 8.39. The lowest BCUT2D eigenvalue weighted by Crippen LogP contribution is -2.39. The minimum absolute atomic E-state index is 0.0276. The average molecular weight is 347 g/mol. The highest BCUT2D eigenvalue weighted by Crippen LogP contribution is 2.35. The van der Waals surface area contributed by atoms with Crippen LogP contribution in [0.25, 0.3) is 10.2 Å². The van der Waals surface area contributed by atoms with E-state index in [2.05, 4.69) is 31.1 Å². The second-order valence-electron chi connectivity index (χ2n) is 7.31. The van der Waals surface area contributed by atoms with Gasteiger partial charge in [0.05, 0.1) is 11.7 Å². The summed E-state index contributed by atoms with van der Waals surface area (Å²) >= 11 is 1.63. The topological polar surface area (TPSA) is 64.0 Å². The summed E-state index contributed by atoms with van der Waals surface area (Å²) in [6.45, 7) is 8.37. The van der Waals surface area contributed by atoms with Crippen LogP contribution in [0.4, 0.5) is 0 Å². The highest BCUT2D eigenvalue weighted by Gasteiger charge is 2.23. The summed E-state index contributed by atoms with van der Waals surface area (Å²) in [6.07, 6.45) is 4.59. The van der Waals surface area contributed by atoms with Crippen molar-refractivity contribution in [2.45, 2.75) is 59.5 Å². The predicted octanol–water partition coefficient (Wildman–Crippen LogP) is 2.74. The fourth-order valence-electron chi connectivity index (χ4n) is 3.10. The number of thiophene rings is 1. The van der Waals surface area contributed by atoms with Gasteiger partial charge in [0.25, 0.3) is 5.56 Å². The first-order chi connectivity index (χ1) is 11.4. The van der Waals surface area contributed by atoms with Crippen molar-refractivity contribution in [1.82, 2.24) is 14.9 Å². The molecule has 0 aromatic carbocycles. The number of carbonyl (C=O) groups excluding carboxylic acids is 1. The van der Waals surface area contributed by atoms with E-state index in [1.165, 1.54) is 15.8 Å². The number of aryl methyl sites for hydroxylation is 1. The van der Waals surface area contributed by atoms with E-state index in [1.54, 1.807) is 11.3 Å². The van der Waals surface area contributed by atoms with Gasteiger partial charge in [-0.2, -0.15) is 0 Å². The van der Waals surface area contributed by atoms with Crippen molar-refractivity contribution in [3.63, 3.8) is 0 Å². The molecule has 3 rings (SSSR count). The van der Waals surface area contributed by atoms with Crippen LogP contribution >= 0.6 is 11.3 Å². The van der Waals surface area contributed by atoms with Crippen molar-refractivity contribution in [2.24, 2.45) is 11.8 Å². The summed E-state index contributed by atoms with van der Waals surface area (Å²) in [7, 11) is 0. The Morgan fingerprint density at radius 1 is 1.46 bits per heavy atom. The Morgan fingerprint density at radius 3 is 2.92 bits per heavy atom. The van der Waals surface area contributed by atoms with Gasteiger partial charge in [0.15, 0.2) is 0 Å². The van der Waals surface area contributed by atoms with Crippen molar-refractivity contribution in [1.29, 1.82) is 0 Å². The summed E-state index contributed by atoms with van der Waals surface area (Å²) in [5.74, 6) is 0.880. The van der Waals surface area contributed by atoms with E-state index in [-0.39, 0.29) is 24.1 Å². The molecule has 6 heteroatoms. The first-order valence-electron chi connectivity index (χ1n) is 8.65. The van der Waals surface area contributed by atoms with E-state index in [9.17, 15) is 9.59 Å². The van der Waals surface area contributed by atoms with Gasteiger partial charge in [-0.25, -0.2) is 4.98 Å². The Morgan fingerprint density at radius 2 is 2.21 bits per heavy atom. The van der Waals surface area contributed by atoms with Gasteiger partial charge in [0.1, 0.15) is 11.4 Å². The summed E-state index contributed by atoms with van der Waals surface area (Å²) in [6, 6.07) is 0.0836. The Hall–Kier alpha value is -1.69. The molecule has 24 heavy (non-hydrogen) atoms. The van der Waals surface area contributed by atoms with E-state index in [1.807, 2.05) is 6.92 Å². The van der Waals surface area contributed by atoms with Gasteiger partial charge < -0.3 is 5.32 Å². The molecule has 130 valence electrons. The lowest BCUT2D eigenvalue weighted by molar-refractivity contribution is -0.122. The summed E-state index contributed by atoms with van der Waals surface area (Å²) in [5.41, 5.74) is 1.08. The summed E-state index contributed by atoms with van der Waals surface area (Å²) in [4.78, 5) is 31.6. The number of fused-ring (bicyclic) bond motifs is 3. The molecular weight excluding hydrogens is 322 g/mol. The van der Waals surface area contributed by atoms with E-state index >= 15 is 0 Å². The van der Waals surface area contributed by atoms with Crippen LogP contribution in [0.15, 0.2) is 11.1 Å². The van der Waals surface area contributed by atoms with Crippen molar-refractivity contribution in [3.05, 3.63) is 27.1 Å². The molecule has 1 aliphatic rings. The minimum atomic E-state index is -0.142. The first-order valence-corrected chi connectivity index (χ1v) is 9.47. The zero-order valence-corrected chi connectivity index (χ0v) is 15.6. The van der Waals surface area contributed by atoms with Crippen LogP contribution in [0.3, 0.4) is 0 Å². The summed E-state index contributed by atoms with van der Waals surface area (Å²) < 4.78 is 1.44. The largest absolute Gasteiger partial charge is 0.352 e. The number of carbonyl (C=O) groups is 1. The van der Waals surface area contributed by atoms with E-state index in [0.717, 1.165) is 35.0 Å². The highest BCUT2D eigenvalue weighted by atomic mass is 32.1. The molecule has 2 unspecified atom stereocenters. The lowest BCUT2D eigenvalue weighted by Gasteiger charge is -2.18. The molecule has 2 aromatic heterocycles. The number of nitrogens with one attached hydrogen (secondary N) is 1. The van der Waals surface area contributed by atoms with Crippen LogP contribution < -0.4 is 10.9 Å². The molecule has 0 bridgehead atoms. The molecule has 2 aromatic rings. The van der Waals surface area contributed by atoms with Gasteiger partial charge in [-0.1, -0.05) is 20.8 Å². The zero-order chi connectivity index (χ0) is 17.4. The molecular formula is C18H25N3O2S. The number of nitrogens with zero attached hydrogens (tertiary/aromatic N) is 2. The fraction of sp³-hybridized carbons (Fsp3) is 0.611. The maximum absolute atomic E-state index is 12.8. The quantitative estimate of drug-likeness (QED) is 0.925. The molecule has 0 fully saturated rings. The molecule has 0 saturated heterocycles. The van der Waals surface area contributed by atoms with Gasteiger partial charge in [-0.3, -0.25) is 14.2 Å². The number of hydrogen-bond acceptors (Lipinski definition) is 4. The van der Waals surface area contributed by atoms with Gasteiger partial charge in [-0.15, -0.1) is 11.3 Å². The molecule has 1 amide bonds. The average Bonchev–Trinajstić information content (AvgIpc) is 2.87. The minimum Gasteiger partial charge on any atom is -0.352 e. The first kappa shape index (κ1) is 17.1. The fourth-order valence-corrected chi connectivity index (χ4v) is 4.44. The highest BCUT2D eigenvalue weighted by molar-refractivity contribution is 7.18. The molecule has 2 atom stereocenters. The van der Waals surface area contributed by atoms with Crippen molar-refractivity contribution in [3.8, 4) is 0 Å².